The quantitative estimate of drug-likeness (QED) is 0.886. The molecule has 0 aliphatic heterocycles. The highest BCUT2D eigenvalue weighted by molar-refractivity contribution is 6.30. The molecule has 0 heterocycles. The molecule has 0 bridgehead atoms. The maximum absolute atomic E-state index is 13.6. The number of anilines is 1. The molecule has 2 aromatic rings. The predicted molar refractivity (Wildman–Crippen MR) is 82.2 cm³/mol. The highest BCUT2D eigenvalue weighted by Gasteiger charge is 2.24. The van der Waals surface area contributed by atoms with E-state index >= 15 is 0 Å². The fourth-order valence-electron chi connectivity index (χ4n) is 2.88. The fraction of sp³-hybridized carbons (Fsp3) is 0.235. The van der Waals surface area contributed by atoms with Crippen molar-refractivity contribution in [3.63, 3.8) is 0 Å². The van der Waals surface area contributed by atoms with Crippen molar-refractivity contribution in [2.45, 2.75) is 25.2 Å². The van der Waals surface area contributed by atoms with Crippen molar-refractivity contribution in [2.75, 3.05) is 5.32 Å². The molecule has 0 fully saturated rings. The molecular weight excluding hydrogens is 289 g/mol. The Kier molecular flexibility index (Phi) is 3.93. The van der Waals surface area contributed by atoms with E-state index in [9.17, 15) is 9.18 Å². The lowest BCUT2D eigenvalue weighted by atomic mass is 9.97. The average Bonchev–Trinajstić information content (AvgIpc) is 2.86. The summed E-state index contributed by atoms with van der Waals surface area (Å²) in [6, 6.07) is 12.3. The molecule has 0 saturated carbocycles. The Labute approximate surface area is 127 Å². The second-order valence-corrected chi connectivity index (χ2v) is 5.75. The second kappa shape index (κ2) is 5.86. The third kappa shape index (κ3) is 3.08. The molecule has 108 valence electrons. The van der Waals surface area contributed by atoms with Crippen LogP contribution in [0.3, 0.4) is 0 Å². The highest BCUT2D eigenvalue weighted by Crippen LogP contribution is 2.35. The molecule has 21 heavy (non-hydrogen) atoms. The fourth-order valence-corrected chi connectivity index (χ4v) is 3.05. The van der Waals surface area contributed by atoms with Gasteiger partial charge in [0.15, 0.2) is 0 Å². The SMILES string of the molecule is O=C(CC1CCc2ccccc21)Nc1cc(Cl)ccc1F. The molecule has 0 spiro atoms. The Morgan fingerprint density at radius 1 is 1.29 bits per heavy atom. The van der Waals surface area contributed by atoms with Gasteiger partial charge in [-0.1, -0.05) is 35.9 Å². The molecule has 2 nitrogen and oxygen atoms in total. The van der Waals surface area contributed by atoms with Gasteiger partial charge in [0.25, 0.3) is 0 Å². The van der Waals surface area contributed by atoms with Gasteiger partial charge in [0, 0.05) is 11.4 Å². The average molecular weight is 304 g/mol. The van der Waals surface area contributed by atoms with Crippen molar-refractivity contribution in [1.29, 1.82) is 0 Å². The summed E-state index contributed by atoms with van der Waals surface area (Å²) in [7, 11) is 0. The van der Waals surface area contributed by atoms with Gasteiger partial charge in [0.05, 0.1) is 5.69 Å². The molecule has 1 atom stereocenters. The smallest absolute Gasteiger partial charge is 0.225 e. The van der Waals surface area contributed by atoms with E-state index in [0.29, 0.717) is 11.4 Å². The van der Waals surface area contributed by atoms with Crippen LogP contribution >= 0.6 is 11.6 Å². The van der Waals surface area contributed by atoms with E-state index in [-0.39, 0.29) is 17.5 Å². The molecule has 3 rings (SSSR count). The molecule has 0 radical (unpaired) electrons. The van der Waals surface area contributed by atoms with E-state index in [1.807, 2.05) is 12.1 Å². The van der Waals surface area contributed by atoms with Gasteiger partial charge in [-0.05, 0) is 48.1 Å². The Bertz CT molecular complexity index is 686. The molecular formula is C17H15ClFNO. The standard InChI is InChI=1S/C17H15ClFNO/c18-13-7-8-15(19)16(10-13)20-17(21)9-12-6-5-11-3-1-2-4-14(11)12/h1-4,7-8,10,12H,5-6,9H2,(H,20,21). The summed E-state index contributed by atoms with van der Waals surface area (Å²) < 4.78 is 13.6. The summed E-state index contributed by atoms with van der Waals surface area (Å²) in [6.07, 6.45) is 2.33. The lowest BCUT2D eigenvalue weighted by Gasteiger charge is -2.12. The number of hydrogen-bond donors (Lipinski definition) is 1. The minimum absolute atomic E-state index is 0.138. The third-order valence-corrected chi connectivity index (χ3v) is 4.13. The first-order valence-corrected chi connectivity index (χ1v) is 7.34. The summed E-state index contributed by atoms with van der Waals surface area (Å²) in [5.41, 5.74) is 2.68. The lowest BCUT2D eigenvalue weighted by molar-refractivity contribution is -0.116. The topological polar surface area (TPSA) is 29.1 Å². The van der Waals surface area contributed by atoms with E-state index in [1.165, 1.54) is 29.3 Å². The summed E-state index contributed by atoms with van der Waals surface area (Å²) in [6.45, 7) is 0. The lowest BCUT2D eigenvalue weighted by Crippen LogP contribution is -2.15. The summed E-state index contributed by atoms with van der Waals surface area (Å²) in [4.78, 5) is 12.1. The van der Waals surface area contributed by atoms with Gasteiger partial charge in [-0.3, -0.25) is 4.79 Å². The van der Waals surface area contributed by atoms with Gasteiger partial charge in [0.1, 0.15) is 5.82 Å². The van der Waals surface area contributed by atoms with Gasteiger partial charge in [-0.2, -0.15) is 0 Å². The normalized spacial score (nSPS) is 16.6. The number of nitrogens with one attached hydrogen (secondary N) is 1. The minimum atomic E-state index is -0.473. The first-order valence-electron chi connectivity index (χ1n) is 6.96. The van der Waals surface area contributed by atoms with Crippen LogP contribution in [-0.2, 0) is 11.2 Å². The second-order valence-electron chi connectivity index (χ2n) is 5.31. The van der Waals surface area contributed by atoms with E-state index in [1.54, 1.807) is 0 Å². The van der Waals surface area contributed by atoms with Crippen LogP contribution in [0.2, 0.25) is 5.02 Å². The number of fused-ring (bicyclic) bond motifs is 1. The van der Waals surface area contributed by atoms with E-state index < -0.39 is 5.82 Å². The zero-order chi connectivity index (χ0) is 14.8. The van der Waals surface area contributed by atoms with Gasteiger partial charge < -0.3 is 5.32 Å². The van der Waals surface area contributed by atoms with E-state index in [4.69, 9.17) is 11.6 Å². The van der Waals surface area contributed by atoms with Crippen LogP contribution in [0.5, 0.6) is 0 Å². The van der Waals surface area contributed by atoms with Gasteiger partial charge in [0.2, 0.25) is 5.91 Å². The largest absolute Gasteiger partial charge is 0.324 e. The molecule has 0 saturated heterocycles. The van der Waals surface area contributed by atoms with Crippen LogP contribution < -0.4 is 5.32 Å². The monoisotopic (exact) mass is 303 g/mol. The number of carbonyl (C=O) groups excluding carboxylic acids is 1. The number of carbonyl (C=O) groups is 1. The van der Waals surface area contributed by atoms with Crippen molar-refractivity contribution in [2.24, 2.45) is 0 Å². The number of benzene rings is 2. The number of aryl methyl sites for hydroxylation is 1. The molecule has 0 aromatic heterocycles. The molecule has 1 aliphatic carbocycles. The Balaban J connectivity index is 1.69. The van der Waals surface area contributed by atoms with Crippen LogP contribution in [0.25, 0.3) is 0 Å². The van der Waals surface area contributed by atoms with E-state index in [2.05, 4.69) is 17.4 Å². The molecule has 1 unspecified atom stereocenters. The number of hydrogen-bond acceptors (Lipinski definition) is 1. The third-order valence-electron chi connectivity index (χ3n) is 3.89. The Morgan fingerprint density at radius 3 is 2.95 bits per heavy atom. The first kappa shape index (κ1) is 14.1. The number of halogens is 2. The molecule has 1 aliphatic rings. The minimum Gasteiger partial charge on any atom is -0.324 e. The highest BCUT2D eigenvalue weighted by atomic mass is 35.5. The maximum Gasteiger partial charge on any atom is 0.225 e. The van der Waals surface area contributed by atoms with Crippen LogP contribution in [0, 0.1) is 5.82 Å². The van der Waals surface area contributed by atoms with Crippen LogP contribution in [0.4, 0.5) is 10.1 Å². The molecule has 4 heteroatoms. The first-order chi connectivity index (χ1) is 10.1. The Hall–Kier alpha value is -1.87. The molecule has 2 aromatic carbocycles. The van der Waals surface area contributed by atoms with Crippen molar-refractivity contribution >= 4 is 23.2 Å². The van der Waals surface area contributed by atoms with Crippen LogP contribution in [-0.4, -0.2) is 5.91 Å². The van der Waals surface area contributed by atoms with E-state index in [0.717, 1.165) is 12.8 Å². The maximum atomic E-state index is 13.6. The van der Waals surface area contributed by atoms with Gasteiger partial charge in [-0.25, -0.2) is 4.39 Å². The molecule has 1 N–H and O–H groups in total. The van der Waals surface area contributed by atoms with Crippen LogP contribution in [0.1, 0.15) is 29.9 Å². The van der Waals surface area contributed by atoms with Crippen molar-refractivity contribution in [3.05, 3.63) is 64.4 Å². The van der Waals surface area contributed by atoms with Gasteiger partial charge in [-0.15, -0.1) is 0 Å². The van der Waals surface area contributed by atoms with Crippen molar-refractivity contribution in [1.82, 2.24) is 0 Å². The zero-order valence-corrected chi connectivity index (χ0v) is 12.2. The zero-order valence-electron chi connectivity index (χ0n) is 11.4. The Morgan fingerprint density at radius 2 is 2.10 bits per heavy atom. The van der Waals surface area contributed by atoms with Crippen LogP contribution in [0.15, 0.2) is 42.5 Å². The van der Waals surface area contributed by atoms with Crippen molar-refractivity contribution < 1.29 is 9.18 Å². The van der Waals surface area contributed by atoms with Crippen molar-refractivity contribution in [3.8, 4) is 0 Å². The summed E-state index contributed by atoms with van der Waals surface area (Å²) in [5.74, 6) is -0.444. The summed E-state index contributed by atoms with van der Waals surface area (Å²) in [5, 5.41) is 3.01. The molecule has 1 amide bonds. The number of rotatable bonds is 3. The van der Waals surface area contributed by atoms with Gasteiger partial charge >= 0.3 is 0 Å². The predicted octanol–water partition coefficient (Wildman–Crippen LogP) is 4.54. The summed E-state index contributed by atoms with van der Waals surface area (Å²) >= 11 is 5.82. The number of amides is 1.